The Morgan fingerprint density at radius 3 is 1.40 bits per heavy atom. The van der Waals surface area contributed by atoms with Crippen LogP contribution < -0.4 is 21.0 Å². The summed E-state index contributed by atoms with van der Waals surface area (Å²) in [5.41, 5.74) is -1.32. The first-order valence-electron chi connectivity index (χ1n) is 14.7. The molecule has 42 heavy (non-hydrogen) atoms. The van der Waals surface area contributed by atoms with Crippen molar-refractivity contribution >= 4 is 36.4 Å². The van der Waals surface area contributed by atoms with Crippen molar-refractivity contribution in [2.75, 3.05) is 20.8 Å². The SMILES string of the molecule is COC(CC[C@H](C)CO[Si](c1ccccc1)(c1ccccc1)C(C)(C)C)(OC)P(=O)(c1ccccc1)c1ccccc1. The number of benzene rings is 4. The van der Waals surface area contributed by atoms with Crippen LogP contribution in [0, 0.1) is 5.92 Å². The van der Waals surface area contributed by atoms with Gasteiger partial charge in [-0.2, -0.15) is 0 Å². The maximum absolute atomic E-state index is 15.3. The summed E-state index contributed by atoms with van der Waals surface area (Å²) in [6.45, 7) is 9.64. The second-order valence-electron chi connectivity index (χ2n) is 12.0. The Balaban J connectivity index is 1.65. The van der Waals surface area contributed by atoms with Gasteiger partial charge in [0.25, 0.3) is 8.32 Å². The minimum absolute atomic E-state index is 0.103. The molecule has 4 aromatic carbocycles. The highest BCUT2D eigenvalue weighted by molar-refractivity contribution is 7.79. The van der Waals surface area contributed by atoms with E-state index in [1.807, 2.05) is 60.7 Å². The van der Waals surface area contributed by atoms with Gasteiger partial charge in [-0.25, -0.2) is 0 Å². The second-order valence-corrected chi connectivity index (χ2v) is 19.3. The van der Waals surface area contributed by atoms with Crippen molar-refractivity contribution in [3.05, 3.63) is 121 Å². The van der Waals surface area contributed by atoms with E-state index in [0.29, 0.717) is 19.4 Å². The zero-order valence-electron chi connectivity index (χ0n) is 25.8. The second kappa shape index (κ2) is 13.7. The largest absolute Gasteiger partial charge is 0.407 e. The number of rotatable bonds is 13. The van der Waals surface area contributed by atoms with E-state index in [2.05, 4.69) is 88.4 Å². The van der Waals surface area contributed by atoms with E-state index in [4.69, 9.17) is 13.9 Å². The lowest BCUT2D eigenvalue weighted by atomic mass is 10.1. The van der Waals surface area contributed by atoms with Crippen molar-refractivity contribution in [2.24, 2.45) is 5.92 Å². The van der Waals surface area contributed by atoms with Crippen LogP contribution in [-0.2, 0) is 18.5 Å². The van der Waals surface area contributed by atoms with E-state index in [1.165, 1.54) is 10.4 Å². The van der Waals surface area contributed by atoms with Crippen molar-refractivity contribution in [2.45, 2.75) is 51.1 Å². The zero-order valence-corrected chi connectivity index (χ0v) is 27.7. The highest BCUT2D eigenvalue weighted by Gasteiger charge is 2.52. The average Bonchev–Trinajstić information content (AvgIpc) is 3.03. The first kappa shape index (κ1) is 32.1. The summed E-state index contributed by atoms with van der Waals surface area (Å²) in [5, 5.41) is 3.86. The van der Waals surface area contributed by atoms with Gasteiger partial charge in [-0.3, -0.25) is 0 Å². The Morgan fingerprint density at radius 2 is 1.05 bits per heavy atom. The standard InChI is InChI=1S/C36H45O4PSi/c1-30(29-40-42(35(2,3)4,33-23-15-9-16-24-33)34-25-17-10-18-26-34)27-28-36(38-5,39-6)41(37,31-19-11-7-12-20-31)32-21-13-8-14-22-32/h7-26,30H,27-29H2,1-6H3/t30-/m0/s1. The fourth-order valence-corrected chi connectivity index (χ4v) is 14.0. The van der Waals surface area contributed by atoms with Crippen LogP contribution in [-0.4, -0.2) is 34.7 Å². The monoisotopic (exact) mass is 600 g/mol. The van der Waals surface area contributed by atoms with Gasteiger partial charge in [-0.05, 0) is 27.8 Å². The first-order chi connectivity index (χ1) is 20.1. The summed E-state index contributed by atoms with van der Waals surface area (Å²) in [7, 11) is -2.83. The number of ether oxygens (including phenoxy) is 2. The summed E-state index contributed by atoms with van der Waals surface area (Å²) in [4.78, 5) is 0. The minimum Gasteiger partial charge on any atom is -0.407 e. The molecule has 0 aliphatic rings. The number of methoxy groups -OCH3 is 2. The molecule has 0 amide bonds. The average molecular weight is 601 g/mol. The molecule has 0 unspecified atom stereocenters. The van der Waals surface area contributed by atoms with Gasteiger partial charge >= 0.3 is 0 Å². The summed E-state index contributed by atoms with van der Waals surface area (Å²) >= 11 is 0. The Bertz CT molecular complexity index is 1340. The molecular weight excluding hydrogens is 555 g/mol. The zero-order chi connectivity index (χ0) is 30.3. The van der Waals surface area contributed by atoms with Gasteiger partial charge in [-0.15, -0.1) is 0 Å². The van der Waals surface area contributed by atoms with E-state index in [0.717, 1.165) is 10.6 Å². The predicted molar refractivity (Wildman–Crippen MR) is 178 cm³/mol. The third-order valence-corrected chi connectivity index (χ3v) is 16.9. The molecule has 0 heterocycles. The van der Waals surface area contributed by atoms with Crippen LogP contribution in [0.3, 0.4) is 0 Å². The molecule has 0 radical (unpaired) electrons. The lowest BCUT2D eigenvalue weighted by Gasteiger charge is -2.44. The summed E-state index contributed by atoms with van der Waals surface area (Å²) < 4.78 is 34.7. The number of hydrogen-bond acceptors (Lipinski definition) is 4. The van der Waals surface area contributed by atoms with Gasteiger partial charge in [-0.1, -0.05) is 149 Å². The van der Waals surface area contributed by atoms with Crippen molar-refractivity contribution in [3.8, 4) is 0 Å². The highest BCUT2D eigenvalue weighted by Crippen LogP contribution is 2.59. The van der Waals surface area contributed by atoms with E-state index in [-0.39, 0.29) is 11.0 Å². The van der Waals surface area contributed by atoms with Crippen LogP contribution in [0.25, 0.3) is 0 Å². The molecule has 0 aliphatic heterocycles. The normalized spacial score (nSPS) is 13.6. The molecule has 6 heteroatoms. The van der Waals surface area contributed by atoms with Crippen LogP contribution in [0.5, 0.6) is 0 Å². The molecule has 222 valence electrons. The van der Waals surface area contributed by atoms with Gasteiger partial charge in [0.05, 0.1) is 0 Å². The Labute approximate surface area is 253 Å². The van der Waals surface area contributed by atoms with Crippen LogP contribution in [0.15, 0.2) is 121 Å². The van der Waals surface area contributed by atoms with Crippen LogP contribution in [0.2, 0.25) is 5.04 Å². The fraction of sp³-hybridized carbons (Fsp3) is 0.333. The maximum Gasteiger partial charge on any atom is 0.261 e. The minimum atomic E-state index is -3.37. The first-order valence-corrected chi connectivity index (χ1v) is 18.3. The Morgan fingerprint density at radius 1 is 0.667 bits per heavy atom. The topological polar surface area (TPSA) is 44.8 Å². The van der Waals surface area contributed by atoms with Crippen molar-refractivity contribution < 1.29 is 18.5 Å². The molecule has 1 atom stereocenters. The molecule has 0 aliphatic carbocycles. The van der Waals surface area contributed by atoms with Crippen LogP contribution in [0.4, 0.5) is 0 Å². The van der Waals surface area contributed by atoms with Gasteiger partial charge in [0.15, 0.2) is 7.14 Å². The van der Waals surface area contributed by atoms with Crippen molar-refractivity contribution in [1.29, 1.82) is 0 Å². The quantitative estimate of drug-likeness (QED) is 0.0948. The molecule has 0 saturated carbocycles. The molecule has 0 saturated heterocycles. The van der Waals surface area contributed by atoms with E-state index < -0.39 is 21.0 Å². The smallest absolute Gasteiger partial charge is 0.261 e. The Hall–Kier alpha value is -2.79. The maximum atomic E-state index is 15.3. The predicted octanol–water partition coefficient (Wildman–Crippen LogP) is 6.94. The van der Waals surface area contributed by atoms with E-state index in [1.54, 1.807) is 14.2 Å². The molecular formula is C36H45O4PSi. The molecule has 4 nitrogen and oxygen atoms in total. The number of hydrogen-bond donors (Lipinski definition) is 0. The third-order valence-electron chi connectivity index (χ3n) is 8.31. The lowest BCUT2D eigenvalue weighted by Crippen LogP contribution is -2.66. The van der Waals surface area contributed by atoms with Crippen LogP contribution >= 0.6 is 7.14 Å². The Kier molecular flexibility index (Phi) is 10.5. The lowest BCUT2D eigenvalue weighted by molar-refractivity contribution is -0.148. The van der Waals surface area contributed by atoms with Crippen molar-refractivity contribution in [1.82, 2.24) is 0 Å². The van der Waals surface area contributed by atoms with Gasteiger partial charge < -0.3 is 18.5 Å². The third kappa shape index (κ3) is 6.13. The summed E-state index contributed by atoms with van der Waals surface area (Å²) in [6.07, 6.45) is 1.16. The molecule has 0 fully saturated rings. The molecule has 4 aromatic rings. The molecule has 4 rings (SSSR count). The molecule has 0 bridgehead atoms. The van der Waals surface area contributed by atoms with E-state index in [9.17, 15) is 0 Å². The molecule has 0 N–H and O–H groups in total. The van der Waals surface area contributed by atoms with Crippen molar-refractivity contribution in [3.63, 3.8) is 0 Å². The summed E-state index contributed by atoms with van der Waals surface area (Å²) in [5.74, 6) is 0.163. The molecule has 0 spiro atoms. The van der Waals surface area contributed by atoms with Gasteiger partial charge in [0.1, 0.15) is 0 Å². The molecule has 0 aromatic heterocycles. The summed E-state index contributed by atoms with van der Waals surface area (Å²) in [6, 6.07) is 40.6. The van der Waals surface area contributed by atoms with E-state index >= 15 is 4.57 Å². The highest BCUT2D eigenvalue weighted by atomic mass is 31.2. The van der Waals surface area contributed by atoms with Crippen LogP contribution in [0.1, 0.15) is 40.5 Å². The fourth-order valence-electron chi connectivity index (χ4n) is 6.06. The van der Waals surface area contributed by atoms with Gasteiger partial charge in [0.2, 0.25) is 5.53 Å². The van der Waals surface area contributed by atoms with Gasteiger partial charge in [0, 0.05) is 37.9 Å².